The molecule has 0 heterocycles. The third-order valence-electron chi connectivity index (χ3n) is 3.00. The fourth-order valence-electron chi connectivity index (χ4n) is 1.84. The van der Waals surface area contributed by atoms with Crippen molar-refractivity contribution in [2.45, 2.75) is 25.7 Å². The van der Waals surface area contributed by atoms with Crippen LogP contribution in [-0.2, 0) is 14.8 Å². The molecule has 1 rings (SSSR count). The van der Waals surface area contributed by atoms with Crippen molar-refractivity contribution in [3.05, 3.63) is 23.8 Å². The molecule has 0 saturated carbocycles. The number of hydrogen-bond acceptors (Lipinski definition) is 4. The van der Waals surface area contributed by atoms with E-state index in [1.54, 1.807) is 19.2 Å². The van der Waals surface area contributed by atoms with E-state index in [1.165, 1.54) is 10.4 Å². The molecule has 20 heavy (non-hydrogen) atoms. The van der Waals surface area contributed by atoms with Gasteiger partial charge < -0.3 is 10.5 Å². The van der Waals surface area contributed by atoms with Crippen LogP contribution < -0.4 is 5.73 Å². The lowest BCUT2D eigenvalue weighted by molar-refractivity contribution is 0.175. The van der Waals surface area contributed by atoms with Crippen LogP contribution in [0, 0.1) is 12.8 Å². The minimum absolute atomic E-state index is 0.234. The Kier molecular flexibility index (Phi) is 5.98. The van der Waals surface area contributed by atoms with Crippen molar-refractivity contribution in [1.82, 2.24) is 4.31 Å². The molecule has 0 aliphatic rings. The molecule has 0 radical (unpaired) electrons. The molecule has 5 nitrogen and oxygen atoms in total. The molecule has 0 bridgehead atoms. The maximum absolute atomic E-state index is 12.7. The minimum Gasteiger partial charge on any atom is -0.398 e. The molecule has 0 spiro atoms. The second kappa shape index (κ2) is 7.06. The van der Waals surface area contributed by atoms with Gasteiger partial charge >= 0.3 is 0 Å². The number of rotatable bonds is 7. The molecule has 0 saturated heterocycles. The largest absolute Gasteiger partial charge is 0.398 e. The molecule has 0 aliphatic heterocycles. The lowest BCUT2D eigenvalue weighted by Gasteiger charge is -2.24. The van der Waals surface area contributed by atoms with Crippen LogP contribution in [0.25, 0.3) is 0 Å². The van der Waals surface area contributed by atoms with Crippen LogP contribution in [0.1, 0.15) is 19.4 Å². The summed E-state index contributed by atoms with van der Waals surface area (Å²) in [6.07, 6.45) is 0. The Bertz CT molecular complexity index is 541. The van der Waals surface area contributed by atoms with Crippen molar-refractivity contribution in [3.63, 3.8) is 0 Å². The topological polar surface area (TPSA) is 72.6 Å². The molecule has 0 fully saturated rings. The number of sulfonamides is 1. The summed E-state index contributed by atoms with van der Waals surface area (Å²) in [4.78, 5) is 0.234. The number of hydrogen-bond donors (Lipinski definition) is 1. The first-order chi connectivity index (χ1) is 9.28. The zero-order valence-corrected chi connectivity index (χ0v) is 13.4. The van der Waals surface area contributed by atoms with Gasteiger partial charge in [0.05, 0.1) is 11.5 Å². The zero-order chi connectivity index (χ0) is 15.3. The first kappa shape index (κ1) is 16.9. The smallest absolute Gasteiger partial charge is 0.243 e. The Morgan fingerprint density at radius 1 is 1.35 bits per heavy atom. The van der Waals surface area contributed by atoms with Crippen LogP contribution in [0.5, 0.6) is 0 Å². The first-order valence-electron chi connectivity index (χ1n) is 6.64. The lowest BCUT2D eigenvalue weighted by Crippen LogP contribution is -2.36. The van der Waals surface area contributed by atoms with Gasteiger partial charge in [0.2, 0.25) is 10.0 Å². The molecule has 0 amide bonds. The van der Waals surface area contributed by atoms with Gasteiger partial charge in [-0.25, -0.2) is 8.42 Å². The molecule has 6 heteroatoms. The Labute approximate surface area is 121 Å². The van der Waals surface area contributed by atoms with E-state index in [1.807, 2.05) is 20.8 Å². The highest BCUT2D eigenvalue weighted by Gasteiger charge is 2.25. The first-order valence-corrected chi connectivity index (χ1v) is 8.08. The van der Waals surface area contributed by atoms with E-state index in [9.17, 15) is 8.42 Å². The fraction of sp³-hybridized carbons (Fsp3) is 0.571. The van der Waals surface area contributed by atoms with E-state index in [4.69, 9.17) is 10.5 Å². The molecule has 1 aromatic carbocycles. The summed E-state index contributed by atoms with van der Waals surface area (Å²) in [6.45, 7) is 6.98. The number of nitrogen functional groups attached to an aromatic ring is 1. The van der Waals surface area contributed by atoms with Crippen molar-refractivity contribution in [2.24, 2.45) is 5.92 Å². The minimum atomic E-state index is -3.53. The average Bonchev–Trinajstić information content (AvgIpc) is 2.37. The summed E-state index contributed by atoms with van der Waals surface area (Å²) >= 11 is 0. The molecule has 0 aromatic heterocycles. The predicted molar refractivity (Wildman–Crippen MR) is 81.1 cm³/mol. The Balaban J connectivity index is 3.10. The van der Waals surface area contributed by atoms with Crippen LogP contribution in [0.3, 0.4) is 0 Å². The van der Waals surface area contributed by atoms with Crippen molar-refractivity contribution < 1.29 is 13.2 Å². The number of nitrogens with two attached hydrogens (primary N) is 1. The van der Waals surface area contributed by atoms with Crippen molar-refractivity contribution in [3.8, 4) is 0 Å². The molecular formula is C14H24N2O3S. The summed E-state index contributed by atoms with van der Waals surface area (Å²) in [5.41, 5.74) is 7.17. The van der Waals surface area contributed by atoms with E-state index >= 15 is 0 Å². The molecule has 0 atom stereocenters. The van der Waals surface area contributed by atoms with Gasteiger partial charge in [-0.3, -0.25) is 0 Å². The van der Waals surface area contributed by atoms with Gasteiger partial charge in [0.1, 0.15) is 0 Å². The molecular weight excluding hydrogens is 276 g/mol. The van der Waals surface area contributed by atoms with Gasteiger partial charge in [-0.05, 0) is 30.5 Å². The number of benzene rings is 1. The maximum atomic E-state index is 12.7. The summed E-state index contributed by atoms with van der Waals surface area (Å²) in [6, 6.07) is 4.85. The summed E-state index contributed by atoms with van der Waals surface area (Å²) in [5, 5.41) is 0. The molecule has 1 aromatic rings. The zero-order valence-electron chi connectivity index (χ0n) is 12.6. The summed E-state index contributed by atoms with van der Waals surface area (Å²) < 4.78 is 31.8. The van der Waals surface area contributed by atoms with Crippen LogP contribution in [0.2, 0.25) is 0 Å². The van der Waals surface area contributed by atoms with E-state index in [-0.39, 0.29) is 10.8 Å². The number of anilines is 1. The van der Waals surface area contributed by atoms with Crippen LogP contribution >= 0.6 is 0 Å². The van der Waals surface area contributed by atoms with E-state index in [2.05, 4.69) is 0 Å². The molecule has 2 N–H and O–H groups in total. The van der Waals surface area contributed by atoms with Gasteiger partial charge in [-0.2, -0.15) is 4.31 Å². The van der Waals surface area contributed by atoms with Gasteiger partial charge in [0, 0.05) is 25.9 Å². The third kappa shape index (κ3) is 4.19. The summed E-state index contributed by atoms with van der Waals surface area (Å²) in [5.74, 6) is 0.240. The second-order valence-electron chi connectivity index (χ2n) is 5.27. The highest BCUT2D eigenvalue weighted by molar-refractivity contribution is 7.89. The lowest BCUT2D eigenvalue weighted by atomic mass is 10.2. The Hall–Kier alpha value is -1.11. The number of aryl methyl sites for hydroxylation is 1. The number of ether oxygens (including phenoxy) is 1. The van der Waals surface area contributed by atoms with Crippen molar-refractivity contribution in [2.75, 3.05) is 32.5 Å². The van der Waals surface area contributed by atoms with Crippen LogP contribution in [0.4, 0.5) is 5.69 Å². The van der Waals surface area contributed by atoms with E-state index in [0.717, 1.165) is 5.56 Å². The average molecular weight is 300 g/mol. The van der Waals surface area contributed by atoms with Gasteiger partial charge in [0.25, 0.3) is 0 Å². The Morgan fingerprint density at radius 2 is 2.00 bits per heavy atom. The Morgan fingerprint density at radius 3 is 2.50 bits per heavy atom. The standard InChI is InChI=1S/C14H24N2O3S/c1-11(2)10-16(7-8-19-4)20(17,18)13-6-5-12(3)14(15)9-13/h5-6,9,11H,7-8,10,15H2,1-4H3. The highest BCUT2D eigenvalue weighted by atomic mass is 32.2. The maximum Gasteiger partial charge on any atom is 0.243 e. The monoisotopic (exact) mass is 300 g/mol. The number of nitrogens with zero attached hydrogens (tertiary/aromatic N) is 1. The highest BCUT2D eigenvalue weighted by Crippen LogP contribution is 2.21. The van der Waals surface area contributed by atoms with E-state index < -0.39 is 10.0 Å². The van der Waals surface area contributed by atoms with Crippen molar-refractivity contribution >= 4 is 15.7 Å². The van der Waals surface area contributed by atoms with Crippen LogP contribution in [0.15, 0.2) is 23.1 Å². The van der Waals surface area contributed by atoms with E-state index in [0.29, 0.717) is 25.4 Å². The third-order valence-corrected chi connectivity index (χ3v) is 4.86. The predicted octanol–water partition coefficient (Wildman–Crippen LogP) is 1.87. The summed E-state index contributed by atoms with van der Waals surface area (Å²) in [7, 11) is -1.97. The molecule has 0 unspecified atom stereocenters. The van der Waals surface area contributed by atoms with Gasteiger partial charge in [0.15, 0.2) is 0 Å². The fourth-order valence-corrected chi connectivity index (χ4v) is 3.46. The molecule has 0 aliphatic carbocycles. The number of methoxy groups -OCH3 is 1. The van der Waals surface area contributed by atoms with Gasteiger partial charge in [-0.1, -0.05) is 19.9 Å². The van der Waals surface area contributed by atoms with Crippen molar-refractivity contribution in [1.29, 1.82) is 0 Å². The quantitative estimate of drug-likeness (QED) is 0.780. The SMILES string of the molecule is COCCN(CC(C)C)S(=O)(=O)c1ccc(C)c(N)c1. The second-order valence-corrected chi connectivity index (χ2v) is 7.21. The van der Waals surface area contributed by atoms with Gasteiger partial charge in [-0.15, -0.1) is 0 Å². The normalized spacial score (nSPS) is 12.3. The van der Waals surface area contributed by atoms with Crippen LogP contribution in [-0.4, -0.2) is 39.5 Å². The molecule has 114 valence electrons.